The Hall–Kier alpha value is -0.790. The predicted octanol–water partition coefficient (Wildman–Crippen LogP) is 4.69. The number of carbonyl (C=O) groups excluding carboxylic acids is 1. The lowest BCUT2D eigenvalue weighted by atomic mass is 9.56. The van der Waals surface area contributed by atoms with Crippen LogP contribution in [0.15, 0.2) is 12.2 Å². The molecule has 6 aliphatic rings. The molecular weight excluding hydrogens is 308 g/mol. The highest BCUT2D eigenvalue weighted by Gasteiger charge is 2.73. The van der Waals surface area contributed by atoms with Crippen molar-refractivity contribution in [3.63, 3.8) is 0 Å². The maximum atomic E-state index is 13.1. The highest BCUT2D eigenvalue weighted by Crippen LogP contribution is 2.78. The molecule has 6 rings (SSSR count). The minimum Gasteiger partial charge on any atom is -0.460 e. The van der Waals surface area contributed by atoms with Gasteiger partial charge < -0.3 is 4.74 Å². The SMILES string of the molecule is CC(C)(C)OC(=O)C1(C)CC2CC1C1C3CC(C4C5C=CC(C5)C34)C21. The Morgan fingerprint density at radius 2 is 1.60 bits per heavy atom. The lowest BCUT2D eigenvalue weighted by Gasteiger charge is -2.48. The zero-order valence-corrected chi connectivity index (χ0v) is 16.1. The normalized spacial score (nSPS) is 59.5. The third kappa shape index (κ3) is 1.71. The molecule has 0 aromatic heterocycles. The molecule has 0 aromatic rings. The van der Waals surface area contributed by atoms with Crippen molar-refractivity contribution in [2.45, 2.75) is 59.0 Å². The first-order valence-corrected chi connectivity index (χ1v) is 10.7. The Morgan fingerprint density at radius 3 is 2.24 bits per heavy atom. The monoisotopic (exact) mass is 340 g/mol. The van der Waals surface area contributed by atoms with E-state index in [2.05, 4.69) is 19.1 Å². The molecule has 6 aliphatic carbocycles. The van der Waals surface area contributed by atoms with Crippen LogP contribution < -0.4 is 0 Å². The number of fused-ring (bicyclic) bond motifs is 16. The van der Waals surface area contributed by atoms with E-state index in [0.717, 1.165) is 59.7 Å². The van der Waals surface area contributed by atoms with E-state index in [1.54, 1.807) is 0 Å². The van der Waals surface area contributed by atoms with Crippen molar-refractivity contribution in [3.8, 4) is 0 Å². The average molecular weight is 341 g/mol. The fourth-order valence-electron chi connectivity index (χ4n) is 9.23. The average Bonchev–Trinajstić information content (AvgIpc) is 3.30. The van der Waals surface area contributed by atoms with E-state index in [1.807, 2.05) is 20.8 Å². The number of hydrogen-bond acceptors (Lipinski definition) is 2. The van der Waals surface area contributed by atoms with Crippen LogP contribution in [0.3, 0.4) is 0 Å². The third-order valence-electron chi connectivity index (χ3n) is 9.48. The smallest absolute Gasteiger partial charge is 0.312 e. The lowest BCUT2D eigenvalue weighted by Crippen LogP contribution is -2.48. The van der Waals surface area contributed by atoms with Crippen molar-refractivity contribution >= 4 is 5.97 Å². The summed E-state index contributed by atoms with van der Waals surface area (Å²) in [4.78, 5) is 13.1. The summed E-state index contributed by atoms with van der Waals surface area (Å²) in [6.45, 7) is 8.27. The molecule has 6 bridgehead atoms. The maximum absolute atomic E-state index is 13.1. The summed E-state index contributed by atoms with van der Waals surface area (Å²) in [5.41, 5.74) is -0.580. The van der Waals surface area contributed by atoms with Gasteiger partial charge in [-0.3, -0.25) is 4.79 Å². The van der Waals surface area contributed by atoms with Crippen LogP contribution in [-0.4, -0.2) is 11.6 Å². The van der Waals surface area contributed by atoms with E-state index in [-0.39, 0.29) is 17.0 Å². The van der Waals surface area contributed by atoms with Crippen LogP contribution >= 0.6 is 0 Å². The van der Waals surface area contributed by atoms with Gasteiger partial charge >= 0.3 is 5.97 Å². The van der Waals surface area contributed by atoms with Crippen molar-refractivity contribution < 1.29 is 9.53 Å². The van der Waals surface area contributed by atoms with Crippen molar-refractivity contribution in [1.82, 2.24) is 0 Å². The van der Waals surface area contributed by atoms with Gasteiger partial charge in [0.2, 0.25) is 0 Å². The van der Waals surface area contributed by atoms with Gasteiger partial charge in [-0.05, 0) is 113 Å². The molecule has 25 heavy (non-hydrogen) atoms. The van der Waals surface area contributed by atoms with E-state index < -0.39 is 0 Å². The molecule has 0 heterocycles. The first-order chi connectivity index (χ1) is 11.8. The Labute approximate surface area is 151 Å². The molecule has 5 saturated carbocycles. The van der Waals surface area contributed by atoms with Gasteiger partial charge in [-0.25, -0.2) is 0 Å². The number of allylic oxidation sites excluding steroid dienone is 2. The van der Waals surface area contributed by atoms with Gasteiger partial charge in [-0.1, -0.05) is 12.2 Å². The Bertz CT molecular complexity index is 672. The lowest BCUT2D eigenvalue weighted by molar-refractivity contribution is -0.173. The summed E-state index contributed by atoms with van der Waals surface area (Å²) in [5.74, 6) is 8.91. The number of carbonyl (C=O) groups is 1. The van der Waals surface area contributed by atoms with Crippen LogP contribution in [0.5, 0.6) is 0 Å². The van der Waals surface area contributed by atoms with Crippen LogP contribution in [0.25, 0.3) is 0 Å². The molecule has 0 saturated heterocycles. The Kier molecular flexibility index (Phi) is 2.67. The summed E-state index contributed by atoms with van der Waals surface area (Å²) in [7, 11) is 0. The van der Waals surface area contributed by atoms with E-state index in [9.17, 15) is 4.79 Å². The highest BCUT2D eigenvalue weighted by molar-refractivity contribution is 5.78. The predicted molar refractivity (Wildman–Crippen MR) is 96.5 cm³/mol. The molecular formula is C23H32O2. The molecule has 2 nitrogen and oxygen atoms in total. The van der Waals surface area contributed by atoms with Gasteiger partial charge in [0.25, 0.3) is 0 Å². The standard InChI is InChI=1S/C23H32O2/c1-22(2,3)25-21(24)23(4)10-13-8-16(23)20-15-9-14(19(13)20)17-11-5-6-12(7-11)18(15)17/h5-6,11-20H,7-10H2,1-4H3. The van der Waals surface area contributed by atoms with Crippen molar-refractivity contribution in [2.24, 2.45) is 64.6 Å². The van der Waals surface area contributed by atoms with E-state index in [4.69, 9.17) is 4.74 Å². The van der Waals surface area contributed by atoms with Gasteiger partial charge in [0.15, 0.2) is 0 Å². The van der Waals surface area contributed by atoms with Crippen molar-refractivity contribution in [3.05, 3.63) is 12.2 Å². The number of hydrogen-bond donors (Lipinski definition) is 0. The Morgan fingerprint density at radius 1 is 0.960 bits per heavy atom. The summed E-state index contributed by atoms with van der Waals surface area (Å²) < 4.78 is 5.89. The summed E-state index contributed by atoms with van der Waals surface area (Å²) in [6.07, 6.45) is 10.4. The third-order valence-corrected chi connectivity index (χ3v) is 9.48. The quantitative estimate of drug-likeness (QED) is 0.393. The van der Waals surface area contributed by atoms with E-state index in [0.29, 0.717) is 5.92 Å². The number of ether oxygens (including phenoxy) is 1. The molecule has 2 heteroatoms. The minimum atomic E-state index is -0.365. The number of esters is 1. The van der Waals surface area contributed by atoms with Gasteiger partial charge in [0, 0.05) is 0 Å². The molecule has 136 valence electrons. The summed E-state index contributed by atoms with van der Waals surface area (Å²) in [5, 5.41) is 0. The molecule has 0 amide bonds. The molecule has 11 atom stereocenters. The first-order valence-electron chi connectivity index (χ1n) is 10.7. The summed E-state index contributed by atoms with van der Waals surface area (Å²) >= 11 is 0. The van der Waals surface area contributed by atoms with Gasteiger partial charge in [0.1, 0.15) is 5.60 Å². The minimum absolute atomic E-state index is 0.0955. The number of rotatable bonds is 1. The fraction of sp³-hybridized carbons (Fsp3) is 0.870. The molecule has 5 fully saturated rings. The zero-order valence-electron chi connectivity index (χ0n) is 16.1. The largest absolute Gasteiger partial charge is 0.460 e. The van der Waals surface area contributed by atoms with Crippen molar-refractivity contribution in [1.29, 1.82) is 0 Å². The Balaban J connectivity index is 1.32. The molecule has 0 N–H and O–H groups in total. The van der Waals surface area contributed by atoms with Crippen LogP contribution in [-0.2, 0) is 9.53 Å². The van der Waals surface area contributed by atoms with E-state index >= 15 is 0 Å². The van der Waals surface area contributed by atoms with E-state index in [1.165, 1.54) is 19.3 Å². The van der Waals surface area contributed by atoms with Crippen LogP contribution in [0, 0.1) is 64.6 Å². The van der Waals surface area contributed by atoms with Gasteiger partial charge in [-0.15, -0.1) is 0 Å². The first kappa shape index (κ1) is 15.3. The zero-order chi connectivity index (χ0) is 17.3. The molecule has 0 spiro atoms. The maximum Gasteiger partial charge on any atom is 0.312 e. The van der Waals surface area contributed by atoms with Crippen molar-refractivity contribution in [2.75, 3.05) is 0 Å². The topological polar surface area (TPSA) is 26.3 Å². The second kappa shape index (κ2) is 4.37. The molecule has 0 aromatic carbocycles. The van der Waals surface area contributed by atoms with Crippen LogP contribution in [0.1, 0.15) is 53.4 Å². The van der Waals surface area contributed by atoms with Crippen LogP contribution in [0.4, 0.5) is 0 Å². The fourth-order valence-corrected chi connectivity index (χ4v) is 9.23. The van der Waals surface area contributed by atoms with Crippen LogP contribution in [0.2, 0.25) is 0 Å². The van der Waals surface area contributed by atoms with Gasteiger partial charge in [0.05, 0.1) is 5.41 Å². The summed E-state index contributed by atoms with van der Waals surface area (Å²) in [6, 6.07) is 0. The molecule has 0 aliphatic heterocycles. The highest BCUT2D eigenvalue weighted by atomic mass is 16.6. The second-order valence-electron chi connectivity index (χ2n) is 11.5. The molecule has 0 radical (unpaired) electrons. The van der Waals surface area contributed by atoms with Gasteiger partial charge in [-0.2, -0.15) is 0 Å². The second-order valence-corrected chi connectivity index (χ2v) is 11.5. The molecule has 11 unspecified atom stereocenters.